The average molecular weight is 403 g/mol. The Hall–Kier alpha value is -2.68. The van der Waals surface area contributed by atoms with Crippen molar-refractivity contribution in [2.75, 3.05) is 32.8 Å². The highest BCUT2D eigenvalue weighted by molar-refractivity contribution is 5.88. The number of rotatable bonds is 6. The van der Waals surface area contributed by atoms with Gasteiger partial charge in [0.15, 0.2) is 0 Å². The van der Waals surface area contributed by atoms with Crippen LogP contribution in [0.2, 0.25) is 0 Å². The first kappa shape index (κ1) is 21.0. The molecule has 2 fully saturated rings. The highest BCUT2D eigenvalue weighted by Gasteiger charge is 2.33. The maximum atomic E-state index is 12.6. The average Bonchev–Trinajstić information content (AvgIpc) is 2.72. The summed E-state index contributed by atoms with van der Waals surface area (Å²) in [5, 5.41) is 5.87. The van der Waals surface area contributed by atoms with Gasteiger partial charge in [-0.3, -0.25) is 19.5 Å². The molecule has 2 saturated heterocycles. The molecule has 9 nitrogen and oxygen atoms in total. The van der Waals surface area contributed by atoms with Gasteiger partial charge < -0.3 is 20.3 Å². The summed E-state index contributed by atoms with van der Waals surface area (Å²) >= 11 is 0. The molecular formula is C20H29N5O4. The number of hydrogen-bond acceptors (Lipinski definition) is 6. The largest absolute Gasteiger partial charge is 0.450 e. The summed E-state index contributed by atoms with van der Waals surface area (Å²) < 4.78 is 5.02. The third kappa shape index (κ3) is 5.90. The van der Waals surface area contributed by atoms with Gasteiger partial charge >= 0.3 is 6.09 Å². The number of piperazine rings is 1. The molecule has 2 aliphatic rings. The third-order valence-corrected chi connectivity index (χ3v) is 5.30. The number of nitrogens with one attached hydrogen (secondary N) is 2. The fourth-order valence-electron chi connectivity index (χ4n) is 3.76. The topological polar surface area (TPSA) is 104 Å². The fourth-order valence-corrected chi connectivity index (χ4v) is 3.76. The Balaban J connectivity index is 1.50. The van der Waals surface area contributed by atoms with Gasteiger partial charge in [0.05, 0.1) is 24.8 Å². The first-order valence-corrected chi connectivity index (χ1v) is 10.2. The molecular weight excluding hydrogens is 374 g/mol. The Labute approximate surface area is 170 Å². The smallest absolute Gasteiger partial charge is 0.409 e. The summed E-state index contributed by atoms with van der Waals surface area (Å²) in [5.41, 5.74) is 0.874. The lowest BCUT2D eigenvalue weighted by molar-refractivity contribution is -0.134. The predicted octanol–water partition coefficient (Wildman–Crippen LogP) is 0.509. The number of amides is 3. The van der Waals surface area contributed by atoms with Crippen LogP contribution in [-0.4, -0.2) is 77.6 Å². The molecule has 3 rings (SSSR count). The molecule has 1 aromatic heterocycles. The van der Waals surface area contributed by atoms with E-state index < -0.39 is 6.04 Å². The Kier molecular flexibility index (Phi) is 7.40. The quantitative estimate of drug-likeness (QED) is 0.717. The Morgan fingerprint density at radius 1 is 1.28 bits per heavy atom. The number of likely N-dealkylation sites (tertiary alicyclic amines) is 1. The minimum atomic E-state index is -0.509. The second kappa shape index (κ2) is 10.2. The van der Waals surface area contributed by atoms with E-state index in [0.717, 1.165) is 5.69 Å². The molecule has 0 aromatic carbocycles. The summed E-state index contributed by atoms with van der Waals surface area (Å²) in [4.78, 5) is 44.8. The Bertz CT molecular complexity index is 706. The van der Waals surface area contributed by atoms with E-state index in [1.54, 1.807) is 18.0 Å². The molecule has 158 valence electrons. The molecule has 1 atom stereocenters. The van der Waals surface area contributed by atoms with E-state index in [-0.39, 0.29) is 30.4 Å². The SMILES string of the molecule is CCOC(=O)N1CCC(NC(=O)CC2C(=O)NCCN2Cc2ccccn2)CC1. The standard InChI is InChI=1S/C20H29N5O4/c1-2-29-20(28)24-10-6-15(7-11-24)23-18(26)13-17-19(27)22-9-12-25(17)14-16-5-3-4-8-21-16/h3-5,8,15,17H,2,6-7,9-14H2,1H3,(H,22,27)(H,23,26). The second-order valence-corrected chi connectivity index (χ2v) is 7.33. The van der Waals surface area contributed by atoms with Crippen molar-refractivity contribution < 1.29 is 19.1 Å². The zero-order valence-corrected chi connectivity index (χ0v) is 16.8. The van der Waals surface area contributed by atoms with E-state index in [1.807, 2.05) is 23.1 Å². The van der Waals surface area contributed by atoms with Crippen LogP contribution in [-0.2, 0) is 20.9 Å². The molecule has 2 aliphatic heterocycles. The van der Waals surface area contributed by atoms with Gasteiger partial charge in [-0.25, -0.2) is 4.79 Å². The number of carbonyl (C=O) groups excluding carboxylic acids is 3. The molecule has 2 N–H and O–H groups in total. The molecule has 0 aliphatic carbocycles. The molecule has 3 heterocycles. The second-order valence-electron chi connectivity index (χ2n) is 7.33. The van der Waals surface area contributed by atoms with Gasteiger partial charge in [0.25, 0.3) is 0 Å². The monoisotopic (exact) mass is 403 g/mol. The number of aromatic nitrogens is 1. The van der Waals surface area contributed by atoms with Crippen molar-refractivity contribution in [3.05, 3.63) is 30.1 Å². The minimum absolute atomic E-state index is 0.00377. The highest BCUT2D eigenvalue weighted by Crippen LogP contribution is 2.15. The zero-order chi connectivity index (χ0) is 20.6. The summed E-state index contributed by atoms with van der Waals surface area (Å²) in [5.74, 6) is -0.271. The lowest BCUT2D eigenvalue weighted by Crippen LogP contribution is -2.56. The maximum absolute atomic E-state index is 12.6. The third-order valence-electron chi connectivity index (χ3n) is 5.30. The number of ether oxygens (including phenoxy) is 1. The van der Waals surface area contributed by atoms with Crippen LogP contribution >= 0.6 is 0 Å². The molecule has 0 spiro atoms. The lowest BCUT2D eigenvalue weighted by Gasteiger charge is -2.35. The Morgan fingerprint density at radius 3 is 2.76 bits per heavy atom. The van der Waals surface area contributed by atoms with Crippen LogP contribution in [0.5, 0.6) is 0 Å². The van der Waals surface area contributed by atoms with Crippen molar-refractivity contribution in [2.45, 2.75) is 44.8 Å². The lowest BCUT2D eigenvalue weighted by atomic mass is 10.0. The van der Waals surface area contributed by atoms with E-state index in [2.05, 4.69) is 15.6 Å². The van der Waals surface area contributed by atoms with E-state index in [1.165, 1.54) is 0 Å². The van der Waals surface area contributed by atoms with Gasteiger partial charge in [-0.15, -0.1) is 0 Å². The van der Waals surface area contributed by atoms with Crippen molar-refractivity contribution in [1.29, 1.82) is 0 Å². The number of pyridine rings is 1. The summed E-state index contributed by atoms with van der Waals surface area (Å²) in [7, 11) is 0. The molecule has 1 unspecified atom stereocenters. The zero-order valence-electron chi connectivity index (χ0n) is 16.8. The van der Waals surface area contributed by atoms with Crippen LogP contribution in [0.1, 0.15) is 31.9 Å². The number of piperidine rings is 1. The molecule has 1 aromatic rings. The van der Waals surface area contributed by atoms with Crippen LogP contribution in [0.15, 0.2) is 24.4 Å². The van der Waals surface area contributed by atoms with Crippen LogP contribution in [0, 0.1) is 0 Å². The van der Waals surface area contributed by atoms with Crippen molar-refractivity contribution >= 4 is 17.9 Å². The fraction of sp³-hybridized carbons (Fsp3) is 0.600. The number of carbonyl (C=O) groups is 3. The van der Waals surface area contributed by atoms with Crippen LogP contribution in [0.25, 0.3) is 0 Å². The first-order chi connectivity index (χ1) is 14.1. The summed E-state index contributed by atoms with van der Waals surface area (Å²) in [6, 6.07) is 5.18. The van der Waals surface area contributed by atoms with Gasteiger partial charge in [0.1, 0.15) is 0 Å². The highest BCUT2D eigenvalue weighted by atomic mass is 16.6. The van der Waals surface area contributed by atoms with Crippen molar-refractivity contribution in [2.24, 2.45) is 0 Å². The predicted molar refractivity (Wildman–Crippen MR) is 106 cm³/mol. The minimum Gasteiger partial charge on any atom is -0.450 e. The van der Waals surface area contributed by atoms with Crippen molar-refractivity contribution in [1.82, 2.24) is 25.4 Å². The van der Waals surface area contributed by atoms with E-state index in [0.29, 0.717) is 52.2 Å². The van der Waals surface area contributed by atoms with Crippen LogP contribution < -0.4 is 10.6 Å². The van der Waals surface area contributed by atoms with Crippen LogP contribution in [0.3, 0.4) is 0 Å². The number of nitrogens with zero attached hydrogens (tertiary/aromatic N) is 3. The van der Waals surface area contributed by atoms with Gasteiger partial charge in [0.2, 0.25) is 11.8 Å². The van der Waals surface area contributed by atoms with Crippen molar-refractivity contribution in [3.63, 3.8) is 0 Å². The molecule has 29 heavy (non-hydrogen) atoms. The Morgan fingerprint density at radius 2 is 2.07 bits per heavy atom. The molecule has 9 heteroatoms. The molecule has 3 amide bonds. The van der Waals surface area contributed by atoms with Crippen molar-refractivity contribution in [3.8, 4) is 0 Å². The van der Waals surface area contributed by atoms with Gasteiger partial charge in [-0.05, 0) is 31.9 Å². The van der Waals surface area contributed by atoms with E-state index >= 15 is 0 Å². The van der Waals surface area contributed by atoms with E-state index in [4.69, 9.17) is 4.74 Å². The normalized spacial score (nSPS) is 20.8. The molecule has 0 saturated carbocycles. The van der Waals surface area contributed by atoms with E-state index in [9.17, 15) is 14.4 Å². The van der Waals surface area contributed by atoms with Gasteiger partial charge in [-0.2, -0.15) is 0 Å². The molecule has 0 radical (unpaired) electrons. The number of hydrogen-bond donors (Lipinski definition) is 2. The maximum Gasteiger partial charge on any atom is 0.409 e. The van der Waals surface area contributed by atoms with Gasteiger partial charge in [-0.1, -0.05) is 6.07 Å². The summed E-state index contributed by atoms with van der Waals surface area (Å²) in [6.45, 7) is 5.02. The summed E-state index contributed by atoms with van der Waals surface area (Å²) in [6.07, 6.45) is 2.89. The molecule has 0 bridgehead atoms. The first-order valence-electron chi connectivity index (χ1n) is 10.2. The van der Waals surface area contributed by atoms with Gasteiger partial charge in [0, 0.05) is 45.0 Å². The van der Waals surface area contributed by atoms with Crippen LogP contribution in [0.4, 0.5) is 4.79 Å².